The van der Waals surface area contributed by atoms with Gasteiger partial charge in [-0.2, -0.15) is 0 Å². The first-order valence-corrected chi connectivity index (χ1v) is 8.82. The molecule has 23 heavy (non-hydrogen) atoms. The van der Waals surface area contributed by atoms with E-state index in [2.05, 4.69) is 0 Å². The van der Waals surface area contributed by atoms with Gasteiger partial charge in [-0.05, 0) is 24.5 Å². The number of carboxylic acid groups (broad SMARTS) is 1. The first-order valence-electron chi connectivity index (χ1n) is 7.27. The Morgan fingerprint density at radius 2 is 1.96 bits per heavy atom. The van der Waals surface area contributed by atoms with E-state index in [0.29, 0.717) is 34.8 Å². The standard InChI is InChI=1S/C17H17NO4S/c1-17(16(20)21)8-9-18-13(17)10-12(23(2)22)14(18)15(19)11-6-4-3-5-7-11/h3-7,10H,8-9H2,1-2H3,(H,20,21). The minimum absolute atomic E-state index is 0.225. The third-order valence-electron chi connectivity index (χ3n) is 4.50. The van der Waals surface area contributed by atoms with Crippen LogP contribution < -0.4 is 0 Å². The monoisotopic (exact) mass is 331 g/mol. The van der Waals surface area contributed by atoms with Crippen LogP contribution in [-0.2, 0) is 27.9 Å². The van der Waals surface area contributed by atoms with Crippen molar-refractivity contribution in [3.05, 3.63) is 53.3 Å². The molecular formula is C17H17NO4S. The summed E-state index contributed by atoms with van der Waals surface area (Å²) in [5.74, 6) is -1.16. The van der Waals surface area contributed by atoms with Gasteiger partial charge in [0.2, 0.25) is 5.78 Å². The second-order valence-electron chi connectivity index (χ2n) is 5.93. The topological polar surface area (TPSA) is 82.4 Å². The van der Waals surface area contributed by atoms with Gasteiger partial charge in [-0.25, -0.2) is 0 Å². The van der Waals surface area contributed by atoms with Gasteiger partial charge in [0.25, 0.3) is 0 Å². The van der Waals surface area contributed by atoms with Crippen LogP contribution >= 0.6 is 0 Å². The summed E-state index contributed by atoms with van der Waals surface area (Å²) in [5.41, 5.74) is 0.346. The lowest BCUT2D eigenvalue weighted by molar-refractivity contribution is -0.143. The Hall–Kier alpha value is -2.05. The number of rotatable bonds is 4. The fourth-order valence-electron chi connectivity index (χ4n) is 3.07. The lowest BCUT2D eigenvalue weighted by atomic mass is 9.86. The van der Waals surface area contributed by atoms with E-state index in [1.165, 1.54) is 6.26 Å². The number of aliphatic carboxylic acids is 1. The van der Waals surface area contributed by atoms with Crippen LogP contribution in [0.15, 0.2) is 41.3 Å². The molecule has 2 heterocycles. The molecule has 6 heteroatoms. The van der Waals surface area contributed by atoms with Crippen LogP contribution in [0.3, 0.4) is 0 Å². The van der Waals surface area contributed by atoms with Crippen LogP contribution in [0.25, 0.3) is 0 Å². The number of aromatic nitrogens is 1. The summed E-state index contributed by atoms with van der Waals surface area (Å²) < 4.78 is 13.8. The van der Waals surface area contributed by atoms with E-state index < -0.39 is 22.6 Å². The fourth-order valence-corrected chi connectivity index (χ4v) is 3.83. The summed E-state index contributed by atoms with van der Waals surface area (Å²) in [5, 5.41) is 9.54. The summed E-state index contributed by atoms with van der Waals surface area (Å²) in [6.45, 7) is 2.08. The molecule has 1 aliphatic heterocycles. The van der Waals surface area contributed by atoms with Crippen molar-refractivity contribution in [3.63, 3.8) is 0 Å². The molecule has 5 nitrogen and oxygen atoms in total. The Morgan fingerprint density at radius 1 is 1.30 bits per heavy atom. The number of fused-ring (bicyclic) bond motifs is 1. The summed E-state index contributed by atoms with van der Waals surface area (Å²) in [4.78, 5) is 24.9. The maximum Gasteiger partial charge on any atom is 0.315 e. The van der Waals surface area contributed by atoms with E-state index >= 15 is 0 Å². The Kier molecular flexibility index (Phi) is 3.82. The van der Waals surface area contributed by atoms with Crippen molar-refractivity contribution in [1.29, 1.82) is 0 Å². The minimum Gasteiger partial charge on any atom is -0.612 e. The van der Waals surface area contributed by atoms with Crippen LogP contribution in [0.2, 0.25) is 0 Å². The maximum absolute atomic E-state index is 12.9. The first kappa shape index (κ1) is 15.8. The summed E-state index contributed by atoms with van der Waals surface area (Å²) in [6, 6.07) is 10.4. The normalized spacial score (nSPS) is 21.0. The predicted molar refractivity (Wildman–Crippen MR) is 86.2 cm³/mol. The van der Waals surface area contributed by atoms with Crippen molar-refractivity contribution in [1.82, 2.24) is 4.57 Å². The number of carbonyl (C=O) groups is 2. The number of carboxylic acids is 1. The highest BCUT2D eigenvalue weighted by atomic mass is 32.2. The van der Waals surface area contributed by atoms with E-state index in [9.17, 15) is 19.2 Å². The molecule has 0 aliphatic carbocycles. The van der Waals surface area contributed by atoms with Crippen molar-refractivity contribution in [2.75, 3.05) is 6.26 Å². The van der Waals surface area contributed by atoms with Gasteiger partial charge in [-0.1, -0.05) is 30.3 Å². The van der Waals surface area contributed by atoms with Crippen LogP contribution in [0.4, 0.5) is 0 Å². The minimum atomic E-state index is -1.37. The molecule has 120 valence electrons. The second kappa shape index (κ2) is 5.54. The first-order chi connectivity index (χ1) is 10.9. The van der Waals surface area contributed by atoms with E-state index in [1.807, 2.05) is 6.07 Å². The van der Waals surface area contributed by atoms with Gasteiger partial charge in [0.1, 0.15) is 17.4 Å². The highest BCUT2D eigenvalue weighted by Crippen LogP contribution is 2.40. The molecule has 1 aliphatic rings. The van der Waals surface area contributed by atoms with Gasteiger partial charge in [0.05, 0.1) is 0 Å². The van der Waals surface area contributed by atoms with Gasteiger partial charge in [0.15, 0.2) is 4.90 Å². The molecule has 0 fully saturated rings. The molecule has 0 amide bonds. The molecule has 0 saturated heterocycles. The highest BCUT2D eigenvalue weighted by molar-refractivity contribution is 7.90. The molecule has 0 bridgehead atoms. The number of hydrogen-bond acceptors (Lipinski definition) is 3. The molecule has 2 unspecified atom stereocenters. The van der Waals surface area contributed by atoms with Gasteiger partial charge in [-0.3, -0.25) is 9.59 Å². The number of hydrogen-bond donors (Lipinski definition) is 1. The smallest absolute Gasteiger partial charge is 0.315 e. The lowest BCUT2D eigenvalue weighted by Crippen LogP contribution is -2.29. The van der Waals surface area contributed by atoms with E-state index in [0.717, 1.165) is 0 Å². The van der Waals surface area contributed by atoms with Gasteiger partial charge < -0.3 is 14.2 Å². The predicted octanol–water partition coefficient (Wildman–Crippen LogP) is 2.20. The van der Waals surface area contributed by atoms with Crippen LogP contribution in [0, 0.1) is 0 Å². The van der Waals surface area contributed by atoms with Gasteiger partial charge >= 0.3 is 5.97 Å². The average molecular weight is 331 g/mol. The SMILES string of the molecule is C[S+]([O-])c1cc2n(c1C(=O)c1ccccc1)CCC2(C)C(=O)O. The molecule has 0 spiro atoms. The van der Waals surface area contributed by atoms with E-state index in [-0.39, 0.29) is 5.78 Å². The van der Waals surface area contributed by atoms with Gasteiger partial charge in [-0.15, -0.1) is 0 Å². The molecule has 0 radical (unpaired) electrons. The Bertz CT molecular complexity index is 781. The summed E-state index contributed by atoms with van der Waals surface area (Å²) in [7, 11) is 0. The Labute approximate surface area is 137 Å². The van der Waals surface area contributed by atoms with Crippen molar-refractivity contribution in [2.45, 2.75) is 30.2 Å². The molecule has 1 aromatic heterocycles. The molecule has 2 aromatic rings. The molecule has 3 rings (SSSR count). The average Bonchev–Trinajstić information content (AvgIpc) is 3.06. The Morgan fingerprint density at radius 3 is 2.52 bits per heavy atom. The molecule has 2 atom stereocenters. The van der Waals surface area contributed by atoms with Crippen molar-refractivity contribution >= 4 is 22.9 Å². The molecule has 1 N–H and O–H groups in total. The fraction of sp³-hybridized carbons (Fsp3) is 0.294. The zero-order chi connectivity index (χ0) is 16.8. The quantitative estimate of drug-likeness (QED) is 0.688. The third kappa shape index (κ3) is 2.38. The van der Waals surface area contributed by atoms with Crippen LogP contribution in [0.5, 0.6) is 0 Å². The maximum atomic E-state index is 12.9. The van der Waals surface area contributed by atoms with Crippen molar-refractivity contribution in [2.24, 2.45) is 0 Å². The molecule has 1 aromatic carbocycles. The van der Waals surface area contributed by atoms with Gasteiger partial charge in [0, 0.05) is 23.9 Å². The van der Waals surface area contributed by atoms with Crippen molar-refractivity contribution < 1.29 is 19.2 Å². The summed E-state index contributed by atoms with van der Waals surface area (Å²) in [6.07, 6.45) is 1.92. The van der Waals surface area contributed by atoms with E-state index in [4.69, 9.17) is 0 Å². The van der Waals surface area contributed by atoms with Crippen LogP contribution in [-0.4, -0.2) is 32.2 Å². The zero-order valence-electron chi connectivity index (χ0n) is 12.9. The Balaban J connectivity index is 2.19. The lowest BCUT2D eigenvalue weighted by Gasteiger charge is -2.16. The largest absolute Gasteiger partial charge is 0.612 e. The molecule has 0 saturated carbocycles. The number of ketones is 1. The molecular weight excluding hydrogens is 314 g/mol. The number of carbonyl (C=O) groups excluding carboxylic acids is 1. The highest BCUT2D eigenvalue weighted by Gasteiger charge is 2.45. The second-order valence-corrected chi connectivity index (χ2v) is 7.28. The van der Waals surface area contributed by atoms with Crippen molar-refractivity contribution in [3.8, 4) is 0 Å². The van der Waals surface area contributed by atoms with Crippen LogP contribution in [0.1, 0.15) is 35.1 Å². The number of nitrogens with zero attached hydrogens (tertiary/aromatic N) is 1. The number of benzene rings is 1. The van der Waals surface area contributed by atoms with E-state index in [1.54, 1.807) is 41.8 Å². The third-order valence-corrected chi connectivity index (χ3v) is 5.43. The summed E-state index contributed by atoms with van der Waals surface area (Å²) >= 11 is -1.37. The zero-order valence-corrected chi connectivity index (χ0v) is 13.7.